The summed E-state index contributed by atoms with van der Waals surface area (Å²) >= 11 is 2.01. The van der Waals surface area contributed by atoms with Crippen LogP contribution in [-0.2, 0) is 0 Å². The Morgan fingerprint density at radius 3 is 2.95 bits per heavy atom. The number of urea groups is 1. The summed E-state index contributed by atoms with van der Waals surface area (Å²) < 4.78 is 1.85. The molecule has 2 rings (SSSR count). The molecule has 5 nitrogen and oxygen atoms in total. The quantitative estimate of drug-likeness (QED) is 0.904. The van der Waals surface area contributed by atoms with Crippen molar-refractivity contribution in [1.29, 1.82) is 0 Å². The molecule has 1 aliphatic rings. The van der Waals surface area contributed by atoms with Crippen LogP contribution >= 0.6 is 11.8 Å². The van der Waals surface area contributed by atoms with Crippen molar-refractivity contribution in [1.82, 2.24) is 14.7 Å². The maximum Gasteiger partial charge on any atom is 0.321 e. The van der Waals surface area contributed by atoms with E-state index in [0.717, 1.165) is 24.3 Å². The number of nitrogens with one attached hydrogen (secondary N) is 1. The van der Waals surface area contributed by atoms with Crippen molar-refractivity contribution < 1.29 is 4.79 Å². The monoisotopic (exact) mass is 310 g/mol. The molecule has 118 valence electrons. The van der Waals surface area contributed by atoms with Gasteiger partial charge in [-0.3, -0.25) is 4.68 Å². The largest absolute Gasteiger partial charge is 0.325 e. The first-order valence-electron chi connectivity index (χ1n) is 7.70. The third-order valence-corrected chi connectivity index (χ3v) is 5.24. The van der Waals surface area contributed by atoms with Crippen molar-refractivity contribution in [2.45, 2.75) is 57.4 Å². The zero-order chi connectivity index (χ0) is 15.4. The number of aromatic nitrogens is 2. The minimum absolute atomic E-state index is 0.0366. The zero-order valence-electron chi connectivity index (χ0n) is 13.4. The van der Waals surface area contributed by atoms with Crippen LogP contribution in [0.4, 0.5) is 10.5 Å². The van der Waals surface area contributed by atoms with Gasteiger partial charge in [0.15, 0.2) is 0 Å². The van der Waals surface area contributed by atoms with Crippen molar-refractivity contribution in [2.24, 2.45) is 0 Å². The second-order valence-corrected chi connectivity index (χ2v) is 7.47. The van der Waals surface area contributed by atoms with Crippen molar-refractivity contribution >= 4 is 23.5 Å². The second-order valence-electron chi connectivity index (χ2n) is 5.89. The first-order chi connectivity index (χ1) is 10.0. The molecule has 2 atom stereocenters. The number of carbonyl (C=O) groups excluding carboxylic acids is 1. The van der Waals surface area contributed by atoms with E-state index in [9.17, 15) is 4.79 Å². The molecule has 1 aromatic rings. The van der Waals surface area contributed by atoms with E-state index < -0.39 is 0 Å². The maximum absolute atomic E-state index is 12.3. The van der Waals surface area contributed by atoms with Crippen molar-refractivity contribution in [2.75, 3.05) is 18.1 Å². The lowest BCUT2D eigenvalue weighted by molar-refractivity contribution is 0.205. The average Bonchev–Trinajstić information content (AvgIpc) is 3.07. The van der Waals surface area contributed by atoms with Crippen LogP contribution < -0.4 is 5.32 Å². The molecule has 0 bridgehead atoms. The number of anilines is 1. The fraction of sp³-hybridized carbons (Fsp3) is 0.733. The highest BCUT2D eigenvalue weighted by molar-refractivity contribution is 7.99. The van der Waals surface area contributed by atoms with Crippen LogP contribution in [0.25, 0.3) is 0 Å². The minimum Gasteiger partial charge on any atom is -0.325 e. The number of thioether (sulfide) groups is 1. The van der Waals surface area contributed by atoms with Gasteiger partial charge in [-0.25, -0.2) is 4.79 Å². The Morgan fingerprint density at radius 1 is 1.57 bits per heavy atom. The highest BCUT2D eigenvalue weighted by atomic mass is 32.2. The summed E-state index contributed by atoms with van der Waals surface area (Å²) in [6.45, 7) is 6.32. The van der Waals surface area contributed by atoms with Crippen LogP contribution in [0.2, 0.25) is 0 Å². The van der Waals surface area contributed by atoms with Crippen LogP contribution in [0.1, 0.15) is 46.1 Å². The van der Waals surface area contributed by atoms with Gasteiger partial charge in [0.2, 0.25) is 0 Å². The molecule has 2 amide bonds. The number of carbonyl (C=O) groups is 1. The summed E-state index contributed by atoms with van der Waals surface area (Å²) in [6, 6.07) is 0.620. The molecular formula is C15H26N4OS. The molecule has 0 saturated heterocycles. The third-order valence-electron chi connectivity index (χ3n) is 4.01. The van der Waals surface area contributed by atoms with Crippen LogP contribution in [-0.4, -0.2) is 44.8 Å². The van der Waals surface area contributed by atoms with Crippen LogP contribution in [0.5, 0.6) is 0 Å². The number of amides is 2. The van der Waals surface area contributed by atoms with E-state index in [4.69, 9.17) is 0 Å². The fourth-order valence-corrected chi connectivity index (χ4v) is 3.85. The van der Waals surface area contributed by atoms with Gasteiger partial charge in [0.05, 0.1) is 11.9 Å². The van der Waals surface area contributed by atoms with Gasteiger partial charge >= 0.3 is 6.03 Å². The Bertz CT molecular complexity index is 474. The molecule has 1 saturated carbocycles. The molecule has 0 spiro atoms. The van der Waals surface area contributed by atoms with Gasteiger partial charge in [-0.2, -0.15) is 16.9 Å². The van der Waals surface area contributed by atoms with Gasteiger partial charge in [0.1, 0.15) is 0 Å². The number of hydrogen-bond donors (Lipinski definition) is 1. The number of nitrogens with zero attached hydrogens (tertiary/aromatic N) is 3. The van der Waals surface area contributed by atoms with Crippen molar-refractivity contribution in [3.05, 3.63) is 12.4 Å². The second kappa shape index (κ2) is 7.20. The van der Waals surface area contributed by atoms with Gasteiger partial charge in [-0.05, 0) is 38.9 Å². The smallest absolute Gasteiger partial charge is 0.321 e. The van der Waals surface area contributed by atoms with E-state index in [0.29, 0.717) is 17.3 Å². The lowest BCUT2D eigenvalue weighted by Gasteiger charge is -2.24. The summed E-state index contributed by atoms with van der Waals surface area (Å²) in [4.78, 5) is 14.2. The predicted octanol–water partition coefficient (Wildman–Crippen LogP) is 3.60. The van der Waals surface area contributed by atoms with Gasteiger partial charge in [0.25, 0.3) is 0 Å². The fourth-order valence-electron chi connectivity index (χ4n) is 2.72. The normalized spacial score (nSPS) is 21.8. The molecular weight excluding hydrogens is 284 g/mol. The Hall–Kier alpha value is -1.17. The lowest BCUT2D eigenvalue weighted by atomic mass is 10.2. The van der Waals surface area contributed by atoms with Gasteiger partial charge < -0.3 is 10.2 Å². The van der Waals surface area contributed by atoms with Gasteiger partial charge in [0, 0.05) is 30.6 Å². The summed E-state index contributed by atoms with van der Waals surface area (Å²) in [5.41, 5.74) is 0.762. The van der Waals surface area contributed by atoms with Gasteiger partial charge in [-0.1, -0.05) is 6.92 Å². The van der Waals surface area contributed by atoms with Crippen LogP contribution in [0, 0.1) is 0 Å². The molecule has 21 heavy (non-hydrogen) atoms. The standard InChI is InChI=1S/C15H26N4OS/c1-5-21-14-7-6-13(8-14)18(4)15(20)17-12-9-16-19(10-12)11(2)3/h9-11,13-14H,5-8H2,1-4H3,(H,17,20)/t13-,14+/m0/s1. The number of hydrogen-bond acceptors (Lipinski definition) is 3. The Kier molecular flexibility index (Phi) is 5.56. The number of rotatable bonds is 5. The van der Waals surface area contributed by atoms with Crippen LogP contribution in [0.3, 0.4) is 0 Å². The van der Waals surface area contributed by atoms with E-state index in [1.54, 1.807) is 6.20 Å². The Morgan fingerprint density at radius 2 is 2.33 bits per heavy atom. The molecule has 1 aliphatic carbocycles. The first-order valence-corrected chi connectivity index (χ1v) is 8.75. The summed E-state index contributed by atoms with van der Waals surface area (Å²) in [5.74, 6) is 1.15. The van der Waals surface area contributed by atoms with E-state index in [1.807, 2.05) is 34.6 Å². The lowest BCUT2D eigenvalue weighted by Crippen LogP contribution is -2.38. The first kappa shape index (κ1) is 16.2. The van der Waals surface area contributed by atoms with Crippen molar-refractivity contribution in [3.63, 3.8) is 0 Å². The molecule has 1 heterocycles. The average molecular weight is 310 g/mol. The van der Waals surface area contributed by atoms with E-state index in [2.05, 4.69) is 31.2 Å². The predicted molar refractivity (Wildman–Crippen MR) is 89.0 cm³/mol. The van der Waals surface area contributed by atoms with E-state index in [-0.39, 0.29) is 6.03 Å². The maximum atomic E-state index is 12.3. The van der Waals surface area contributed by atoms with Gasteiger partial charge in [-0.15, -0.1) is 0 Å². The topological polar surface area (TPSA) is 50.2 Å². The molecule has 0 unspecified atom stereocenters. The minimum atomic E-state index is -0.0366. The Labute approximate surface area is 131 Å². The molecule has 1 fully saturated rings. The zero-order valence-corrected chi connectivity index (χ0v) is 14.2. The van der Waals surface area contributed by atoms with E-state index in [1.165, 1.54) is 6.42 Å². The molecule has 0 radical (unpaired) electrons. The highest BCUT2D eigenvalue weighted by Gasteiger charge is 2.29. The third kappa shape index (κ3) is 4.15. The van der Waals surface area contributed by atoms with Crippen LogP contribution in [0.15, 0.2) is 12.4 Å². The molecule has 1 N–H and O–H groups in total. The van der Waals surface area contributed by atoms with Crippen molar-refractivity contribution in [3.8, 4) is 0 Å². The highest BCUT2D eigenvalue weighted by Crippen LogP contribution is 2.32. The summed E-state index contributed by atoms with van der Waals surface area (Å²) in [5, 5.41) is 7.89. The SMILES string of the molecule is CCS[C@@H]1CC[C@H](N(C)C(=O)Nc2cnn(C(C)C)c2)C1. The van der Waals surface area contributed by atoms with E-state index >= 15 is 0 Å². The Balaban J connectivity index is 1.87. The molecule has 0 aromatic carbocycles. The molecule has 1 aromatic heterocycles. The molecule has 0 aliphatic heterocycles. The molecule has 6 heteroatoms. The summed E-state index contributed by atoms with van der Waals surface area (Å²) in [7, 11) is 1.89. The summed E-state index contributed by atoms with van der Waals surface area (Å²) in [6.07, 6.45) is 7.00.